The number of ether oxygens (including phenoxy) is 1. The van der Waals surface area contributed by atoms with E-state index in [1.807, 2.05) is 6.92 Å². The molecule has 0 fully saturated rings. The van der Waals surface area contributed by atoms with E-state index in [9.17, 15) is 4.79 Å². The van der Waals surface area contributed by atoms with Crippen LogP contribution in [0.3, 0.4) is 0 Å². The van der Waals surface area contributed by atoms with Crippen molar-refractivity contribution in [2.24, 2.45) is 0 Å². The van der Waals surface area contributed by atoms with Crippen LogP contribution >= 0.6 is 11.6 Å². The highest BCUT2D eigenvalue weighted by Crippen LogP contribution is 2.15. The molecule has 5 nitrogen and oxygen atoms in total. The quantitative estimate of drug-likeness (QED) is 0.751. The lowest BCUT2D eigenvalue weighted by Crippen LogP contribution is -2.08. The molecule has 2 aromatic rings. The number of nitrogens with zero attached hydrogens (tertiary/aromatic N) is 3. The molecule has 0 spiro atoms. The van der Waals surface area contributed by atoms with Gasteiger partial charge in [0.1, 0.15) is 5.56 Å². The van der Waals surface area contributed by atoms with Crippen molar-refractivity contribution >= 4 is 23.2 Å². The van der Waals surface area contributed by atoms with Crippen LogP contribution in [0.1, 0.15) is 23.0 Å². The van der Waals surface area contributed by atoms with Gasteiger partial charge in [-0.25, -0.2) is 14.3 Å². The maximum Gasteiger partial charge on any atom is 0.342 e. The second-order valence-corrected chi connectivity index (χ2v) is 3.64. The van der Waals surface area contributed by atoms with Crippen LogP contribution in [0.5, 0.6) is 0 Å². The smallest absolute Gasteiger partial charge is 0.342 e. The van der Waals surface area contributed by atoms with E-state index in [1.54, 1.807) is 13.1 Å². The molecule has 0 saturated carbocycles. The van der Waals surface area contributed by atoms with Gasteiger partial charge in [-0.2, -0.15) is 5.10 Å². The third-order valence-corrected chi connectivity index (χ3v) is 2.20. The molecule has 0 bridgehead atoms. The highest BCUT2D eigenvalue weighted by molar-refractivity contribution is 6.29. The number of aryl methyl sites for hydroxylation is 1. The molecule has 0 amide bonds. The Balaban J connectivity index is 2.62. The van der Waals surface area contributed by atoms with Gasteiger partial charge in [-0.15, -0.1) is 0 Å². The predicted octanol–water partition coefficient (Wildman–Crippen LogP) is 1.87. The number of hydrogen-bond donors (Lipinski definition) is 0. The van der Waals surface area contributed by atoms with Gasteiger partial charge in [0.05, 0.1) is 18.5 Å². The first-order valence-electron chi connectivity index (χ1n) is 4.81. The summed E-state index contributed by atoms with van der Waals surface area (Å²) in [5.41, 5.74) is 1.55. The van der Waals surface area contributed by atoms with Gasteiger partial charge in [0.15, 0.2) is 10.8 Å². The fourth-order valence-electron chi connectivity index (χ4n) is 1.42. The Hall–Kier alpha value is -1.62. The Kier molecular flexibility index (Phi) is 2.78. The van der Waals surface area contributed by atoms with Crippen LogP contribution in [0.4, 0.5) is 0 Å². The predicted molar refractivity (Wildman–Crippen MR) is 58.7 cm³/mol. The number of esters is 1. The number of fused-ring (bicyclic) bond motifs is 1. The van der Waals surface area contributed by atoms with Crippen molar-refractivity contribution in [3.05, 3.63) is 28.7 Å². The number of aromatic nitrogens is 3. The van der Waals surface area contributed by atoms with Crippen molar-refractivity contribution in [3.63, 3.8) is 0 Å². The third kappa shape index (κ3) is 1.86. The van der Waals surface area contributed by atoms with Crippen molar-refractivity contribution in [1.82, 2.24) is 14.6 Å². The van der Waals surface area contributed by atoms with Gasteiger partial charge in [0, 0.05) is 0 Å². The molecule has 0 saturated heterocycles. The fraction of sp³-hybridized carbons (Fsp3) is 0.300. The number of imidazole rings is 1. The Morgan fingerprint density at radius 2 is 2.38 bits per heavy atom. The molecule has 2 rings (SSSR count). The molecule has 16 heavy (non-hydrogen) atoms. The first kappa shape index (κ1) is 10.9. The molecule has 84 valence electrons. The third-order valence-electron chi connectivity index (χ3n) is 2.01. The van der Waals surface area contributed by atoms with E-state index >= 15 is 0 Å². The molecule has 0 N–H and O–H groups in total. The van der Waals surface area contributed by atoms with Crippen molar-refractivity contribution in [1.29, 1.82) is 0 Å². The molecular formula is C10H10ClN3O2. The van der Waals surface area contributed by atoms with Gasteiger partial charge in [0.25, 0.3) is 0 Å². The molecule has 0 aliphatic heterocycles. The molecular weight excluding hydrogens is 230 g/mol. The summed E-state index contributed by atoms with van der Waals surface area (Å²) >= 11 is 5.81. The summed E-state index contributed by atoms with van der Waals surface area (Å²) < 4.78 is 6.40. The van der Waals surface area contributed by atoms with E-state index in [0.717, 1.165) is 5.69 Å². The van der Waals surface area contributed by atoms with Crippen LogP contribution in [-0.4, -0.2) is 27.2 Å². The topological polar surface area (TPSA) is 56.5 Å². The van der Waals surface area contributed by atoms with Crippen LogP contribution < -0.4 is 0 Å². The molecule has 0 radical (unpaired) electrons. The molecule has 0 aliphatic rings. The molecule has 2 aromatic heterocycles. The lowest BCUT2D eigenvalue weighted by Gasteiger charge is -2.03. The second kappa shape index (κ2) is 4.09. The summed E-state index contributed by atoms with van der Waals surface area (Å²) in [5.74, 6) is -0.442. The van der Waals surface area contributed by atoms with Crippen molar-refractivity contribution < 1.29 is 9.53 Å². The monoisotopic (exact) mass is 239 g/mol. The SMILES string of the molecule is CCOC(=O)c1cc(Cl)nn2cc(C)nc12. The summed E-state index contributed by atoms with van der Waals surface area (Å²) in [6.07, 6.45) is 1.70. The summed E-state index contributed by atoms with van der Waals surface area (Å²) in [5, 5.41) is 4.24. The largest absolute Gasteiger partial charge is 0.462 e. The summed E-state index contributed by atoms with van der Waals surface area (Å²) in [4.78, 5) is 15.9. The Morgan fingerprint density at radius 3 is 3.06 bits per heavy atom. The highest BCUT2D eigenvalue weighted by Gasteiger charge is 2.15. The Morgan fingerprint density at radius 1 is 1.62 bits per heavy atom. The van der Waals surface area contributed by atoms with Gasteiger partial charge >= 0.3 is 5.97 Å². The molecule has 0 atom stereocenters. The molecule has 0 unspecified atom stereocenters. The number of carbonyl (C=O) groups is 1. The number of carbonyl (C=O) groups excluding carboxylic acids is 1. The first-order chi connectivity index (χ1) is 7.61. The summed E-state index contributed by atoms with van der Waals surface area (Å²) in [6.45, 7) is 3.87. The van der Waals surface area contributed by atoms with E-state index in [-0.39, 0.29) is 5.15 Å². The molecule has 0 aliphatic carbocycles. The summed E-state index contributed by atoms with van der Waals surface area (Å²) in [6, 6.07) is 1.46. The van der Waals surface area contributed by atoms with Crippen molar-refractivity contribution in [3.8, 4) is 0 Å². The van der Waals surface area contributed by atoms with Gasteiger partial charge in [-0.1, -0.05) is 11.6 Å². The highest BCUT2D eigenvalue weighted by atomic mass is 35.5. The van der Waals surface area contributed by atoms with Crippen LogP contribution in [0.2, 0.25) is 5.15 Å². The minimum absolute atomic E-state index is 0.230. The zero-order valence-corrected chi connectivity index (χ0v) is 9.65. The minimum Gasteiger partial charge on any atom is -0.462 e. The summed E-state index contributed by atoms with van der Waals surface area (Å²) in [7, 11) is 0. The van der Waals surface area contributed by atoms with Crippen LogP contribution in [-0.2, 0) is 4.74 Å². The maximum atomic E-state index is 11.7. The van der Waals surface area contributed by atoms with E-state index in [1.165, 1.54) is 10.6 Å². The second-order valence-electron chi connectivity index (χ2n) is 3.25. The van der Waals surface area contributed by atoms with E-state index in [4.69, 9.17) is 16.3 Å². The zero-order valence-electron chi connectivity index (χ0n) is 8.90. The van der Waals surface area contributed by atoms with Crippen molar-refractivity contribution in [2.75, 3.05) is 6.61 Å². The van der Waals surface area contributed by atoms with E-state index < -0.39 is 5.97 Å². The average Bonchev–Trinajstić information content (AvgIpc) is 2.57. The Labute approximate surface area is 97.0 Å². The van der Waals surface area contributed by atoms with Gasteiger partial charge in [-0.3, -0.25) is 0 Å². The first-order valence-corrected chi connectivity index (χ1v) is 5.19. The molecule has 6 heteroatoms. The van der Waals surface area contributed by atoms with Gasteiger partial charge in [-0.05, 0) is 19.9 Å². The Bertz CT molecular complexity index is 550. The van der Waals surface area contributed by atoms with E-state index in [2.05, 4.69) is 10.1 Å². The van der Waals surface area contributed by atoms with Crippen molar-refractivity contribution in [2.45, 2.75) is 13.8 Å². The average molecular weight is 240 g/mol. The number of halogens is 1. The maximum absolute atomic E-state index is 11.7. The lowest BCUT2D eigenvalue weighted by atomic mass is 10.3. The zero-order chi connectivity index (χ0) is 11.7. The van der Waals surface area contributed by atoms with Crippen LogP contribution in [0, 0.1) is 6.92 Å². The lowest BCUT2D eigenvalue weighted by molar-refractivity contribution is 0.0527. The van der Waals surface area contributed by atoms with Crippen LogP contribution in [0.15, 0.2) is 12.3 Å². The minimum atomic E-state index is -0.442. The van der Waals surface area contributed by atoms with Gasteiger partial charge < -0.3 is 4.74 Å². The van der Waals surface area contributed by atoms with E-state index in [0.29, 0.717) is 17.8 Å². The van der Waals surface area contributed by atoms with Crippen LogP contribution in [0.25, 0.3) is 5.65 Å². The fourth-order valence-corrected chi connectivity index (χ4v) is 1.61. The molecule has 2 heterocycles. The number of rotatable bonds is 2. The molecule has 0 aromatic carbocycles. The van der Waals surface area contributed by atoms with Gasteiger partial charge in [0.2, 0.25) is 0 Å². The normalized spacial score (nSPS) is 10.7. The standard InChI is InChI=1S/C10H10ClN3O2/c1-3-16-10(15)7-4-8(11)13-14-5-6(2)12-9(7)14/h4-5H,3H2,1-2H3. The number of hydrogen-bond acceptors (Lipinski definition) is 4.